The van der Waals surface area contributed by atoms with Crippen molar-refractivity contribution in [3.8, 4) is 22.3 Å². The lowest BCUT2D eigenvalue weighted by Gasteiger charge is -2.32. The number of piperazine rings is 1. The van der Waals surface area contributed by atoms with E-state index in [9.17, 15) is 9.59 Å². The Labute approximate surface area is 204 Å². The van der Waals surface area contributed by atoms with Gasteiger partial charge in [-0.25, -0.2) is 0 Å². The van der Waals surface area contributed by atoms with Crippen LogP contribution in [0.15, 0.2) is 72.8 Å². The number of primary amides is 1. The fourth-order valence-electron chi connectivity index (χ4n) is 5.38. The van der Waals surface area contributed by atoms with Gasteiger partial charge in [-0.2, -0.15) is 0 Å². The van der Waals surface area contributed by atoms with E-state index in [0.717, 1.165) is 64.9 Å². The highest BCUT2D eigenvalue weighted by Crippen LogP contribution is 2.42. The summed E-state index contributed by atoms with van der Waals surface area (Å²) in [5.74, 6) is -0.353. The van der Waals surface area contributed by atoms with Crippen LogP contribution in [0, 0.1) is 0 Å². The maximum absolute atomic E-state index is 13.1. The van der Waals surface area contributed by atoms with Crippen molar-refractivity contribution in [1.82, 2.24) is 9.80 Å². The lowest BCUT2D eigenvalue weighted by atomic mass is 9.93. The summed E-state index contributed by atoms with van der Waals surface area (Å²) >= 11 is 0. The zero-order chi connectivity index (χ0) is 24.1. The smallest absolute Gasteiger partial charge is 0.253 e. The molecule has 5 heteroatoms. The molecule has 0 saturated carbocycles. The number of nitrogens with zero attached hydrogens (tertiary/aromatic N) is 2. The molecule has 2 amide bonds. The highest BCUT2D eigenvalue weighted by Gasteiger charge is 2.27. The summed E-state index contributed by atoms with van der Waals surface area (Å²) in [6.07, 6.45) is 0.602. The van der Waals surface area contributed by atoms with E-state index in [1.807, 2.05) is 41.3 Å². The van der Waals surface area contributed by atoms with Gasteiger partial charge < -0.3 is 15.5 Å². The van der Waals surface area contributed by atoms with Crippen molar-refractivity contribution in [1.29, 1.82) is 0 Å². The molecule has 1 heterocycles. The first-order valence-electron chi connectivity index (χ1n) is 12.0. The van der Waals surface area contributed by atoms with Crippen LogP contribution >= 0.6 is 0 Å². The van der Waals surface area contributed by atoms with Gasteiger partial charge in [-0.1, -0.05) is 42.5 Å². The Morgan fingerprint density at radius 3 is 2.31 bits per heavy atom. The number of fused-ring (bicyclic) bond motifs is 4. The quantitative estimate of drug-likeness (QED) is 0.428. The topological polar surface area (TPSA) is 66.6 Å². The number of hydrogen-bond donors (Lipinski definition) is 1. The number of nitrogens with two attached hydrogens (primary N) is 1. The Balaban J connectivity index is 1.40. The molecule has 0 spiro atoms. The van der Waals surface area contributed by atoms with Crippen molar-refractivity contribution in [2.24, 2.45) is 5.73 Å². The van der Waals surface area contributed by atoms with Gasteiger partial charge in [0, 0.05) is 37.3 Å². The van der Waals surface area contributed by atoms with Crippen LogP contribution in [0.1, 0.15) is 31.8 Å². The Morgan fingerprint density at radius 1 is 0.771 bits per heavy atom. The maximum atomic E-state index is 13.1. The van der Waals surface area contributed by atoms with E-state index in [4.69, 9.17) is 5.73 Å². The molecule has 2 N–H and O–H groups in total. The molecule has 0 radical (unpaired) electrons. The molecule has 4 aromatic rings. The van der Waals surface area contributed by atoms with Crippen molar-refractivity contribution >= 4 is 22.6 Å². The van der Waals surface area contributed by atoms with Gasteiger partial charge in [0.15, 0.2) is 0 Å². The van der Waals surface area contributed by atoms with Crippen LogP contribution in [0.3, 0.4) is 0 Å². The molecular weight excluding hydrogens is 434 g/mol. The summed E-state index contributed by atoms with van der Waals surface area (Å²) < 4.78 is 0. The first-order valence-corrected chi connectivity index (χ1v) is 12.0. The van der Waals surface area contributed by atoms with Crippen LogP contribution in [0.5, 0.6) is 0 Å². The molecule has 0 bridgehead atoms. The molecule has 1 aliphatic heterocycles. The lowest BCUT2D eigenvalue weighted by molar-refractivity contribution is 0.0664. The van der Waals surface area contributed by atoms with Crippen molar-refractivity contribution < 1.29 is 9.59 Å². The Kier molecular flexibility index (Phi) is 5.15. The monoisotopic (exact) mass is 461 g/mol. The van der Waals surface area contributed by atoms with E-state index in [0.29, 0.717) is 17.5 Å². The average Bonchev–Trinajstić information content (AvgIpc) is 3.25. The van der Waals surface area contributed by atoms with E-state index in [-0.39, 0.29) is 5.91 Å². The van der Waals surface area contributed by atoms with Crippen LogP contribution < -0.4 is 5.73 Å². The van der Waals surface area contributed by atoms with Gasteiger partial charge >= 0.3 is 0 Å². The third-order valence-electron chi connectivity index (χ3n) is 7.40. The second kappa shape index (κ2) is 8.36. The second-order valence-corrected chi connectivity index (χ2v) is 9.62. The van der Waals surface area contributed by atoms with E-state index in [1.54, 1.807) is 0 Å². The Morgan fingerprint density at radius 2 is 1.54 bits per heavy atom. The van der Waals surface area contributed by atoms with Gasteiger partial charge in [0.1, 0.15) is 0 Å². The van der Waals surface area contributed by atoms with Gasteiger partial charge in [0.25, 0.3) is 5.91 Å². The lowest BCUT2D eigenvalue weighted by Crippen LogP contribution is -2.47. The average molecular weight is 462 g/mol. The predicted molar refractivity (Wildman–Crippen MR) is 140 cm³/mol. The Bertz CT molecular complexity index is 1500. The minimum absolute atomic E-state index is 0.0730. The van der Waals surface area contributed by atoms with Crippen molar-refractivity contribution in [3.05, 3.63) is 95.1 Å². The molecule has 174 valence electrons. The Hall–Kier alpha value is -3.96. The molecule has 0 atom stereocenters. The first kappa shape index (κ1) is 21.6. The van der Waals surface area contributed by atoms with E-state index in [2.05, 4.69) is 48.3 Å². The fraction of sp³-hybridized carbons (Fsp3) is 0.200. The van der Waals surface area contributed by atoms with E-state index < -0.39 is 5.91 Å². The molecule has 6 rings (SSSR count). The summed E-state index contributed by atoms with van der Waals surface area (Å²) in [7, 11) is 2.08. The molecule has 5 nitrogen and oxygen atoms in total. The largest absolute Gasteiger partial charge is 0.366 e. The summed E-state index contributed by atoms with van der Waals surface area (Å²) in [6.45, 7) is 3.27. The van der Waals surface area contributed by atoms with Crippen LogP contribution in [-0.2, 0) is 6.42 Å². The first-order chi connectivity index (χ1) is 17.0. The zero-order valence-electron chi connectivity index (χ0n) is 19.8. The number of benzene rings is 4. The molecule has 1 saturated heterocycles. The van der Waals surface area contributed by atoms with Gasteiger partial charge in [0.2, 0.25) is 5.91 Å². The van der Waals surface area contributed by atoms with Gasteiger partial charge in [0.05, 0.1) is 0 Å². The van der Waals surface area contributed by atoms with Crippen molar-refractivity contribution in [2.75, 3.05) is 33.2 Å². The van der Waals surface area contributed by atoms with Crippen molar-refractivity contribution in [3.63, 3.8) is 0 Å². The number of carbonyl (C=O) groups is 2. The third kappa shape index (κ3) is 3.78. The van der Waals surface area contributed by atoms with Crippen molar-refractivity contribution in [2.45, 2.75) is 6.42 Å². The molecule has 1 aliphatic carbocycles. The molecule has 4 aromatic carbocycles. The molecule has 2 aliphatic rings. The van der Waals surface area contributed by atoms with Gasteiger partial charge in [-0.3, -0.25) is 9.59 Å². The highest BCUT2D eigenvalue weighted by molar-refractivity contribution is 6.01. The molecule has 0 unspecified atom stereocenters. The summed E-state index contributed by atoms with van der Waals surface area (Å²) in [6, 6.07) is 24.6. The normalized spacial score (nSPS) is 15.2. The maximum Gasteiger partial charge on any atom is 0.253 e. The van der Waals surface area contributed by atoms with Gasteiger partial charge in [-0.15, -0.1) is 0 Å². The number of rotatable bonds is 3. The zero-order valence-corrected chi connectivity index (χ0v) is 19.8. The number of likely N-dealkylation sites (N-methyl/N-ethyl adjacent to an activating group) is 1. The SMILES string of the molecule is CN1CCN(C(=O)c2ccc3c(c2)Cc2c(C(N)=O)cc(-c4ccc5ccccc5c4)cc2-3)CC1. The van der Waals surface area contributed by atoms with Crippen LogP contribution in [-0.4, -0.2) is 54.8 Å². The molecule has 35 heavy (non-hydrogen) atoms. The van der Waals surface area contributed by atoms with Crippen LogP contribution in [0.4, 0.5) is 0 Å². The van der Waals surface area contributed by atoms with Crippen LogP contribution in [0.25, 0.3) is 33.0 Å². The minimum Gasteiger partial charge on any atom is -0.366 e. The molecule has 0 aromatic heterocycles. The molecule has 1 fully saturated rings. The second-order valence-electron chi connectivity index (χ2n) is 9.62. The highest BCUT2D eigenvalue weighted by atomic mass is 16.2. The number of hydrogen-bond acceptors (Lipinski definition) is 3. The van der Waals surface area contributed by atoms with E-state index in [1.165, 1.54) is 5.39 Å². The summed E-state index contributed by atoms with van der Waals surface area (Å²) in [5.41, 5.74) is 13.2. The summed E-state index contributed by atoms with van der Waals surface area (Å²) in [4.78, 5) is 29.8. The van der Waals surface area contributed by atoms with Crippen LogP contribution in [0.2, 0.25) is 0 Å². The number of carbonyl (C=O) groups excluding carboxylic acids is 2. The molecular formula is C30H27N3O2. The standard InChI is InChI=1S/C30H27N3O2/c1-32-10-12-33(13-11-32)30(35)22-8-9-25-24(15-22)18-27-26(25)16-23(17-28(27)29(31)34)21-7-6-19-4-2-3-5-20(19)14-21/h2-9,14-17H,10-13,18H2,1H3,(H2,31,34). The minimum atomic E-state index is -0.426. The van der Waals surface area contributed by atoms with E-state index >= 15 is 0 Å². The predicted octanol–water partition coefficient (Wildman–Crippen LogP) is 4.56. The third-order valence-corrected chi connectivity index (χ3v) is 7.40. The van der Waals surface area contributed by atoms with Gasteiger partial charge in [-0.05, 0) is 88.0 Å². The fourth-order valence-corrected chi connectivity index (χ4v) is 5.38. The summed E-state index contributed by atoms with van der Waals surface area (Å²) in [5, 5.41) is 2.33. The number of amides is 2.